The van der Waals surface area contributed by atoms with Crippen LogP contribution >= 0.6 is 0 Å². The molecule has 7 heteroatoms. The average Bonchev–Trinajstić information content (AvgIpc) is 3.38. The number of likely N-dealkylation sites (N-methyl/N-ethyl adjacent to an activating group) is 1. The first-order valence-corrected chi connectivity index (χ1v) is 11.6. The van der Waals surface area contributed by atoms with Crippen LogP contribution < -0.4 is 9.64 Å². The van der Waals surface area contributed by atoms with Crippen molar-refractivity contribution in [2.45, 2.75) is 37.8 Å². The Kier molecular flexibility index (Phi) is 7.27. The summed E-state index contributed by atoms with van der Waals surface area (Å²) in [6, 6.07) is 14.0. The summed E-state index contributed by atoms with van der Waals surface area (Å²) in [5.74, 6) is 2.04. The maximum absolute atomic E-state index is 11.6. The van der Waals surface area contributed by atoms with Gasteiger partial charge in [0.2, 0.25) is 5.91 Å². The second kappa shape index (κ2) is 10.3. The van der Waals surface area contributed by atoms with Crippen LogP contribution in [0.3, 0.4) is 0 Å². The minimum absolute atomic E-state index is 0.269. The third-order valence-corrected chi connectivity index (χ3v) is 6.26. The van der Waals surface area contributed by atoms with Crippen molar-refractivity contribution in [2.75, 3.05) is 51.3 Å². The Morgan fingerprint density at radius 1 is 1.19 bits per heavy atom. The highest BCUT2D eigenvalue weighted by Crippen LogP contribution is 2.26. The Labute approximate surface area is 190 Å². The van der Waals surface area contributed by atoms with Crippen molar-refractivity contribution < 1.29 is 14.6 Å². The molecule has 1 N–H and O–H groups in total. The monoisotopic (exact) mass is 438 g/mol. The van der Waals surface area contributed by atoms with E-state index in [1.54, 1.807) is 6.20 Å². The van der Waals surface area contributed by atoms with Crippen molar-refractivity contribution >= 4 is 11.7 Å². The van der Waals surface area contributed by atoms with Gasteiger partial charge < -0.3 is 19.6 Å². The first-order chi connectivity index (χ1) is 15.5. The van der Waals surface area contributed by atoms with E-state index in [9.17, 15) is 9.90 Å². The fourth-order valence-electron chi connectivity index (χ4n) is 4.67. The van der Waals surface area contributed by atoms with Crippen molar-refractivity contribution in [2.24, 2.45) is 0 Å². The van der Waals surface area contributed by atoms with Crippen molar-refractivity contribution in [3.05, 3.63) is 54.2 Å². The van der Waals surface area contributed by atoms with E-state index in [2.05, 4.69) is 26.9 Å². The number of pyridine rings is 1. The summed E-state index contributed by atoms with van der Waals surface area (Å²) < 4.78 is 5.84. The number of carbonyl (C=O) groups is 1. The zero-order valence-corrected chi connectivity index (χ0v) is 18.9. The molecular weight excluding hydrogens is 404 g/mol. The second-order valence-electron chi connectivity index (χ2n) is 9.09. The summed E-state index contributed by atoms with van der Waals surface area (Å²) in [7, 11) is 2.05. The molecule has 1 aromatic heterocycles. The van der Waals surface area contributed by atoms with Crippen LogP contribution in [0.4, 0.5) is 5.82 Å². The van der Waals surface area contributed by atoms with Crippen molar-refractivity contribution in [3.8, 4) is 5.75 Å². The van der Waals surface area contributed by atoms with Crippen LogP contribution in [0.2, 0.25) is 0 Å². The summed E-state index contributed by atoms with van der Waals surface area (Å²) in [5, 5.41) is 11.1. The van der Waals surface area contributed by atoms with Gasteiger partial charge in [-0.3, -0.25) is 9.69 Å². The molecule has 3 heterocycles. The number of carbonyl (C=O) groups excluding carboxylic acids is 1. The van der Waals surface area contributed by atoms with Crippen molar-refractivity contribution in [3.63, 3.8) is 0 Å². The minimum Gasteiger partial charge on any atom is -0.494 e. The molecule has 1 amide bonds. The van der Waals surface area contributed by atoms with E-state index in [0.717, 1.165) is 57.0 Å². The number of nitrogens with zero attached hydrogens (tertiary/aromatic N) is 4. The number of amides is 1. The lowest BCUT2D eigenvalue weighted by Gasteiger charge is -2.29. The number of likely N-dealkylation sites (tertiary alicyclic amines) is 1. The zero-order valence-electron chi connectivity index (χ0n) is 18.9. The number of anilines is 1. The van der Waals surface area contributed by atoms with Crippen LogP contribution in [0.15, 0.2) is 48.7 Å². The van der Waals surface area contributed by atoms with Crippen LogP contribution in [0.1, 0.15) is 31.2 Å². The van der Waals surface area contributed by atoms with Gasteiger partial charge in [0.15, 0.2) is 0 Å². The SMILES string of the molecule is CN(Cc1ccc(OCCCN2CCCC2=O)cc1)C[C@@]1(O)CCN(c2ccccn2)C1. The van der Waals surface area contributed by atoms with Crippen LogP contribution in [0, 0.1) is 0 Å². The van der Waals surface area contributed by atoms with E-state index in [0.29, 0.717) is 26.1 Å². The van der Waals surface area contributed by atoms with Gasteiger partial charge in [-0.1, -0.05) is 18.2 Å². The normalized spacial score (nSPS) is 21.0. The molecule has 0 bridgehead atoms. The fourth-order valence-corrected chi connectivity index (χ4v) is 4.67. The minimum atomic E-state index is -0.730. The number of aromatic nitrogens is 1. The quantitative estimate of drug-likeness (QED) is 0.575. The highest BCUT2D eigenvalue weighted by atomic mass is 16.5. The topological polar surface area (TPSA) is 69.1 Å². The Hall–Kier alpha value is -2.64. The average molecular weight is 439 g/mol. The predicted octanol–water partition coefficient (Wildman–Crippen LogP) is 2.55. The molecule has 2 saturated heterocycles. The van der Waals surface area contributed by atoms with Crippen LogP contribution in [-0.2, 0) is 11.3 Å². The van der Waals surface area contributed by atoms with Gasteiger partial charge >= 0.3 is 0 Å². The number of ether oxygens (including phenoxy) is 1. The molecule has 2 fully saturated rings. The van der Waals surface area contributed by atoms with E-state index < -0.39 is 5.60 Å². The molecule has 2 aliphatic rings. The van der Waals surface area contributed by atoms with Crippen molar-refractivity contribution in [1.82, 2.24) is 14.8 Å². The molecule has 4 rings (SSSR count). The molecule has 7 nitrogen and oxygen atoms in total. The summed E-state index contributed by atoms with van der Waals surface area (Å²) in [6.07, 6.45) is 5.06. The zero-order chi connectivity index (χ0) is 22.4. The van der Waals surface area contributed by atoms with Gasteiger partial charge in [0, 0.05) is 51.9 Å². The van der Waals surface area contributed by atoms with Gasteiger partial charge in [-0.05, 0) is 56.1 Å². The number of hydrogen-bond donors (Lipinski definition) is 1. The Balaban J connectivity index is 1.19. The standard InChI is InChI=1S/C25H34N4O3/c1-27(19-25(31)12-16-29(20-25)23-6-2-3-13-26-23)18-21-8-10-22(11-9-21)32-17-5-15-28-14-4-7-24(28)30/h2-3,6,8-11,13,31H,4-5,7,12,14-20H2,1H3/t25-/m0/s1. The molecule has 2 aromatic rings. The molecule has 0 unspecified atom stereocenters. The highest BCUT2D eigenvalue weighted by molar-refractivity contribution is 5.77. The Morgan fingerprint density at radius 2 is 2.03 bits per heavy atom. The summed E-state index contributed by atoms with van der Waals surface area (Å²) in [4.78, 5) is 22.3. The number of hydrogen-bond acceptors (Lipinski definition) is 6. The van der Waals surface area contributed by atoms with Crippen LogP contribution in [0.25, 0.3) is 0 Å². The second-order valence-corrected chi connectivity index (χ2v) is 9.09. The summed E-state index contributed by atoms with van der Waals surface area (Å²) >= 11 is 0. The van der Waals surface area contributed by atoms with Gasteiger partial charge in [-0.15, -0.1) is 0 Å². The van der Waals surface area contributed by atoms with Crippen LogP contribution in [0.5, 0.6) is 5.75 Å². The predicted molar refractivity (Wildman–Crippen MR) is 125 cm³/mol. The van der Waals surface area contributed by atoms with Gasteiger partial charge in [-0.2, -0.15) is 0 Å². The van der Waals surface area contributed by atoms with E-state index in [1.165, 1.54) is 5.56 Å². The molecular formula is C25H34N4O3. The summed E-state index contributed by atoms with van der Waals surface area (Å²) in [6.45, 7) is 5.08. The van der Waals surface area contributed by atoms with Gasteiger partial charge in [0.05, 0.1) is 12.2 Å². The Bertz CT molecular complexity index is 877. The first kappa shape index (κ1) is 22.6. The molecule has 1 aromatic carbocycles. The largest absolute Gasteiger partial charge is 0.494 e. The molecule has 1 atom stereocenters. The number of aliphatic hydroxyl groups is 1. The third kappa shape index (κ3) is 5.99. The molecule has 172 valence electrons. The van der Waals surface area contributed by atoms with Gasteiger partial charge in [0.1, 0.15) is 11.6 Å². The highest BCUT2D eigenvalue weighted by Gasteiger charge is 2.37. The number of rotatable bonds is 10. The van der Waals surface area contributed by atoms with E-state index in [-0.39, 0.29) is 5.91 Å². The molecule has 0 radical (unpaired) electrons. The lowest BCUT2D eigenvalue weighted by molar-refractivity contribution is -0.127. The molecule has 0 spiro atoms. The lowest BCUT2D eigenvalue weighted by Crippen LogP contribution is -2.43. The van der Waals surface area contributed by atoms with Gasteiger partial charge in [-0.25, -0.2) is 4.98 Å². The van der Waals surface area contributed by atoms with E-state index in [4.69, 9.17) is 4.74 Å². The lowest BCUT2D eigenvalue weighted by atomic mass is 10.0. The number of β-amino-alcohol motifs (C(OH)–C–C–N with tert-alkyl or cyclic N) is 1. The van der Waals surface area contributed by atoms with E-state index in [1.807, 2.05) is 42.3 Å². The maximum Gasteiger partial charge on any atom is 0.222 e. The van der Waals surface area contributed by atoms with E-state index >= 15 is 0 Å². The molecule has 0 aliphatic carbocycles. The molecule has 32 heavy (non-hydrogen) atoms. The van der Waals surface area contributed by atoms with Crippen LogP contribution in [-0.4, -0.2) is 77.8 Å². The molecule has 2 aliphatic heterocycles. The summed E-state index contributed by atoms with van der Waals surface area (Å²) in [5.41, 5.74) is 0.456. The smallest absolute Gasteiger partial charge is 0.222 e. The molecule has 0 saturated carbocycles. The van der Waals surface area contributed by atoms with Crippen molar-refractivity contribution in [1.29, 1.82) is 0 Å². The van der Waals surface area contributed by atoms with Gasteiger partial charge in [0.25, 0.3) is 0 Å². The Morgan fingerprint density at radius 3 is 2.75 bits per heavy atom. The fraction of sp³-hybridized carbons (Fsp3) is 0.520. The third-order valence-electron chi connectivity index (χ3n) is 6.26. The first-order valence-electron chi connectivity index (χ1n) is 11.6. The maximum atomic E-state index is 11.6. The number of benzene rings is 1.